The van der Waals surface area contributed by atoms with E-state index in [1.165, 1.54) is 11.3 Å². The van der Waals surface area contributed by atoms with Crippen molar-refractivity contribution >= 4 is 11.8 Å². The van der Waals surface area contributed by atoms with Crippen molar-refractivity contribution in [3.63, 3.8) is 0 Å². The maximum Gasteiger partial charge on any atom is 0.247 e. The zero-order valence-electron chi connectivity index (χ0n) is 11.8. The fourth-order valence-electron chi connectivity index (χ4n) is 2.67. The molecule has 0 spiro atoms. The summed E-state index contributed by atoms with van der Waals surface area (Å²) in [5.74, 6) is 0.591. The van der Waals surface area contributed by atoms with E-state index in [1.807, 2.05) is 13.8 Å². The highest BCUT2D eigenvalue weighted by molar-refractivity contribution is 6.05. The first-order valence-electron chi connectivity index (χ1n) is 6.96. The van der Waals surface area contributed by atoms with Gasteiger partial charge in [-0.15, -0.1) is 0 Å². The van der Waals surface area contributed by atoms with Crippen molar-refractivity contribution in [2.75, 3.05) is 6.54 Å². The Labute approximate surface area is 109 Å². The van der Waals surface area contributed by atoms with Crippen LogP contribution in [-0.4, -0.2) is 35.3 Å². The molecule has 0 aromatic rings. The highest BCUT2D eigenvalue weighted by Gasteiger charge is 2.47. The summed E-state index contributed by atoms with van der Waals surface area (Å²) in [6.45, 7) is 9.27. The number of nitrogens with zero attached hydrogens (tertiary/aromatic N) is 1. The summed E-state index contributed by atoms with van der Waals surface area (Å²) in [7, 11) is 0. The normalized spacial score (nSPS) is 31.9. The number of hydrogen-bond donors (Lipinski definition) is 1. The van der Waals surface area contributed by atoms with Crippen molar-refractivity contribution in [3.8, 4) is 0 Å². The van der Waals surface area contributed by atoms with Gasteiger partial charge < -0.3 is 5.32 Å². The third kappa shape index (κ3) is 2.44. The number of carbonyl (C=O) groups is 2. The molecule has 1 heterocycles. The second kappa shape index (κ2) is 4.65. The van der Waals surface area contributed by atoms with E-state index >= 15 is 0 Å². The molecule has 18 heavy (non-hydrogen) atoms. The quantitative estimate of drug-likeness (QED) is 0.755. The molecule has 3 unspecified atom stereocenters. The Morgan fingerprint density at radius 1 is 1.44 bits per heavy atom. The van der Waals surface area contributed by atoms with Crippen LogP contribution in [0.15, 0.2) is 0 Å². The first-order chi connectivity index (χ1) is 8.36. The predicted octanol–water partition coefficient (Wildman–Crippen LogP) is 1.55. The van der Waals surface area contributed by atoms with Gasteiger partial charge in [0.1, 0.15) is 0 Å². The molecule has 2 rings (SSSR count). The Balaban J connectivity index is 1.88. The van der Waals surface area contributed by atoms with Gasteiger partial charge in [-0.2, -0.15) is 0 Å². The number of amides is 2. The van der Waals surface area contributed by atoms with Crippen LogP contribution in [0.5, 0.6) is 0 Å². The van der Waals surface area contributed by atoms with Gasteiger partial charge in [0, 0.05) is 6.04 Å². The Kier molecular flexibility index (Phi) is 3.49. The number of rotatable bonds is 5. The molecule has 0 aromatic heterocycles. The van der Waals surface area contributed by atoms with Gasteiger partial charge in [0.2, 0.25) is 11.8 Å². The second-order valence-electron chi connectivity index (χ2n) is 6.41. The van der Waals surface area contributed by atoms with Gasteiger partial charge in [-0.1, -0.05) is 20.8 Å². The molecule has 1 saturated carbocycles. The summed E-state index contributed by atoms with van der Waals surface area (Å²) in [6, 6.07) is -0.267. The lowest BCUT2D eigenvalue weighted by atomic mass is 10.1. The van der Waals surface area contributed by atoms with Gasteiger partial charge in [-0.25, -0.2) is 0 Å². The molecule has 2 amide bonds. The zero-order valence-corrected chi connectivity index (χ0v) is 11.8. The fourth-order valence-corrected chi connectivity index (χ4v) is 2.67. The van der Waals surface area contributed by atoms with Crippen molar-refractivity contribution in [2.24, 2.45) is 11.3 Å². The van der Waals surface area contributed by atoms with Crippen LogP contribution in [0, 0.1) is 11.3 Å². The SMILES string of the molecule is CCC(C)N1C(=O)CC(NCC2CC2(C)C)C1=O. The Bertz CT molecular complexity index is 365. The number of imide groups is 1. The summed E-state index contributed by atoms with van der Waals surface area (Å²) in [4.78, 5) is 25.4. The fraction of sp³-hybridized carbons (Fsp3) is 0.857. The smallest absolute Gasteiger partial charge is 0.247 e. The van der Waals surface area contributed by atoms with Crippen LogP contribution in [-0.2, 0) is 9.59 Å². The molecule has 0 bridgehead atoms. The minimum absolute atomic E-state index is 0.0224. The van der Waals surface area contributed by atoms with Crippen LogP contribution in [0.4, 0.5) is 0 Å². The summed E-state index contributed by atoms with van der Waals surface area (Å²) >= 11 is 0. The van der Waals surface area contributed by atoms with E-state index in [9.17, 15) is 9.59 Å². The maximum absolute atomic E-state index is 12.2. The van der Waals surface area contributed by atoms with Crippen molar-refractivity contribution < 1.29 is 9.59 Å². The van der Waals surface area contributed by atoms with Crippen molar-refractivity contribution in [3.05, 3.63) is 0 Å². The summed E-state index contributed by atoms with van der Waals surface area (Å²) in [5.41, 5.74) is 0.412. The van der Waals surface area contributed by atoms with E-state index in [0.717, 1.165) is 13.0 Å². The first-order valence-corrected chi connectivity index (χ1v) is 6.96. The van der Waals surface area contributed by atoms with Gasteiger partial charge in [0.15, 0.2) is 0 Å². The van der Waals surface area contributed by atoms with Crippen LogP contribution >= 0.6 is 0 Å². The largest absolute Gasteiger partial charge is 0.305 e. The maximum atomic E-state index is 12.2. The average Bonchev–Trinajstić information content (AvgIpc) is 2.80. The zero-order chi connectivity index (χ0) is 13.5. The van der Waals surface area contributed by atoms with Crippen molar-refractivity contribution in [1.29, 1.82) is 0 Å². The molecule has 2 fully saturated rings. The predicted molar refractivity (Wildman–Crippen MR) is 69.9 cm³/mol. The molecule has 1 aliphatic heterocycles. The van der Waals surface area contributed by atoms with E-state index in [4.69, 9.17) is 0 Å². The molecule has 4 nitrogen and oxygen atoms in total. The van der Waals surface area contributed by atoms with E-state index in [-0.39, 0.29) is 23.9 Å². The number of carbonyl (C=O) groups excluding carboxylic acids is 2. The highest BCUT2D eigenvalue weighted by atomic mass is 16.2. The van der Waals surface area contributed by atoms with Gasteiger partial charge >= 0.3 is 0 Å². The van der Waals surface area contributed by atoms with Crippen LogP contribution in [0.2, 0.25) is 0 Å². The number of hydrogen-bond acceptors (Lipinski definition) is 3. The Morgan fingerprint density at radius 2 is 2.06 bits per heavy atom. The molecule has 4 heteroatoms. The van der Waals surface area contributed by atoms with Crippen LogP contribution in [0.1, 0.15) is 47.0 Å². The lowest BCUT2D eigenvalue weighted by molar-refractivity contribution is -0.141. The third-order valence-corrected chi connectivity index (χ3v) is 4.54. The van der Waals surface area contributed by atoms with Crippen LogP contribution < -0.4 is 5.32 Å². The van der Waals surface area contributed by atoms with Gasteiger partial charge in [0.25, 0.3) is 0 Å². The minimum atomic E-state index is -0.289. The molecule has 0 radical (unpaired) electrons. The van der Waals surface area contributed by atoms with Gasteiger partial charge in [-0.3, -0.25) is 14.5 Å². The van der Waals surface area contributed by atoms with E-state index in [2.05, 4.69) is 19.2 Å². The highest BCUT2D eigenvalue weighted by Crippen LogP contribution is 2.51. The number of likely N-dealkylation sites (tertiary alicyclic amines) is 1. The third-order valence-electron chi connectivity index (χ3n) is 4.54. The van der Waals surface area contributed by atoms with E-state index in [0.29, 0.717) is 17.8 Å². The van der Waals surface area contributed by atoms with Crippen LogP contribution in [0.3, 0.4) is 0 Å². The molecule has 2 aliphatic rings. The Hall–Kier alpha value is -0.900. The summed E-state index contributed by atoms with van der Waals surface area (Å²) in [5, 5.41) is 3.28. The lowest BCUT2D eigenvalue weighted by Gasteiger charge is -2.21. The summed E-state index contributed by atoms with van der Waals surface area (Å²) < 4.78 is 0. The monoisotopic (exact) mass is 252 g/mol. The molecule has 1 saturated heterocycles. The molecule has 102 valence electrons. The molecule has 3 atom stereocenters. The number of nitrogens with one attached hydrogen (secondary N) is 1. The molecule has 1 aliphatic carbocycles. The minimum Gasteiger partial charge on any atom is -0.305 e. The summed E-state index contributed by atoms with van der Waals surface area (Å²) in [6.07, 6.45) is 2.36. The molecule has 1 N–H and O–H groups in total. The lowest BCUT2D eigenvalue weighted by Crippen LogP contribution is -2.43. The van der Waals surface area contributed by atoms with E-state index in [1.54, 1.807) is 0 Å². The first kappa shape index (κ1) is 13.5. The van der Waals surface area contributed by atoms with Crippen LogP contribution in [0.25, 0.3) is 0 Å². The van der Waals surface area contributed by atoms with Crippen molar-refractivity contribution in [1.82, 2.24) is 10.2 Å². The van der Waals surface area contributed by atoms with E-state index < -0.39 is 0 Å². The van der Waals surface area contributed by atoms with Crippen molar-refractivity contribution in [2.45, 2.75) is 59.0 Å². The Morgan fingerprint density at radius 3 is 2.56 bits per heavy atom. The standard InChI is InChI=1S/C14H24N2O2/c1-5-9(2)16-12(17)6-11(13(16)18)15-8-10-7-14(10,3)4/h9-11,15H,5-8H2,1-4H3. The van der Waals surface area contributed by atoms with Gasteiger partial charge in [0.05, 0.1) is 12.5 Å². The topological polar surface area (TPSA) is 49.4 Å². The van der Waals surface area contributed by atoms with Gasteiger partial charge in [-0.05, 0) is 37.6 Å². The molecular weight excluding hydrogens is 228 g/mol. The molecule has 0 aromatic carbocycles. The second-order valence-corrected chi connectivity index (χ2v) is 6.41. The average molecular weight is 252 g/mol. The molecular formula is C14H24N2O2.